The van der Waals surface area contributed by atoms with Gasteiger partial charge in [-0.15, -0.1) is 22.7 Å². The molecule has 4 aromatic rings. The third-order valence-corrected chi connectivity index (χ3v) is 7.45. The molecule has 0 radical (unpaired) electrons. The second-order valence-corrected chi connectivity index (χ2v) is 9.72. The molecule has 164 valence electrons. The largest absolute Gasteiger partial charge is 0.340 e. The second kappa shape index (κ2) is 9.50. The van der Waals surface area contributed by atoms with Gasteiger partial charge in [-0.2, -0.15) is 4.98 Å². The topological polar surface area (TPSA) is 75.4 Å². The van der Waals surface area contributed by atoms with Crippen LogP contribution in [0.4, 0.5) is 0 Å². The summed E-state index contributed by atoms with van der Waals surface area (Å²) in [5.74, 6) is 1.24. The minimum absolute atomic E-state index is 0.121. The van der Waals surface area contributed by atoms with E-state index in [-0.39, 0.29) is 5.91 Å². The van der Waals surface area contributed by atoms with Gasteiger partial charge in [-0.3, -0.25) is 9.69 Å². The van der Waals surface area contributed by atoms with Crippen molar-refractivity contribution in [2.45, 2.75) is 13.0 Å². The molecule has 1 saturated heterocycles. The van der Waals surface area contributed by atoms with Crippen molar-refractivity contribution in [2.24, 2.45) is 0 Å². The lowest BCUT2D eigenvalue weighted by atomic mass is 10.2. The van der Waals surface area contributed by atoms with Crippen molar-refractivity contribution in [3.05, 3.63) is 63.8 Å². The number of aromatic nitrogens is 3. The lowest BCUT2D eigenvalue weighted by Crippen LogP contribution is -2.48. The molecule has 1 amide bonds. The molecule has 1 aliphatic heterocycles. The van der Waals surface area contributed by atoms with Gasteiger partial charge in [0.25, 0.3) is 0 Å². The molecular formula is C22H20ClN5O2S2. The van der Waals surface area contributed by atoms with Crippen molar-refractivity contribution in [2.75, 3.05) is 26.2 Å². The van der Waals surface area contributed by atoms with Gasteiger partial charge < -0.3 is 9.42 Å². The fraction of sp³-hybridized carbons (Fsp3) is 0.273. The van der Waals surface area contributed by atoms with Gasteiger partial charge in [-0.25, -0.2) is 4.98 Å². The fourth-order valence-electron chi connectivity index (χ4n) is 3.55. The number of rotatable bonds is 6. The highest BCUT2D eigenvalue weighted by atomic mass is 35.5. The number of nitrogens with zero attached hydrogens (tertiary/aromatic N) is 5. The van der Waals surface area contributed by atoms with E-state index in [1.54, 1.807) is 34.8 Å². The predicted molar refractivity (Wildman–Crippen MR) is 126 cm³/mol. The van der Waals surface area contributed by atoms with Crippen LogP contribution in [-0.4, -0.2) is 57.0 Å². The van der Waals surface area contributed by atoms with E-state index in [1.807, 2.05) is 33.9 Å². The lowest BCUT2D eigenvalue weighted by Gasteiger charge is -2.33. The first-order valence-corrected chi connectivity index (χ1v) is 12.3. The summed E-state index contributed by atoms with van der Waals surface area (Å²) in [6.07, 6.45) is 0.343. The van der Waals surface area contributed by atoms with Gasteiger partial charge in [0.2, 0.25) is 17.6 Å². The first-order chi connectivity index (χ1) is 15.6. The Morgan fingerprint density at radius 2 is 1.88 bits per heavy atom. The first-order valence-electron chi connectivity index (χ1n) is 10.2. The van der Waals surface area contributed by atoms with Gasteiger partial charge >= 0.3 is 0 Å². The van der Waals surface area contributed by atoms with E-state index in [0.29, 0.717) is 42.8 Å². The Morgan fingerprint density at radius 3 is 2.62 bits per heavy atom. The van der Waals surface area contributed by atoms with Crippen molar-refractivity contribution in [1.82, 2.24) is 24.9 Å². The van der Waals surface area contributed by atoms with Crippen molar-refractivity contribution in [3.8, 4) is 21.3 Å². The molecule has 0 N–H and O–H groups in total. The maximum absolute atomic E-state index is 12.7. The quantitative estimate of drug-likeness (QED) is 0.401. The number of benzene rings is 1. The minimum Gasteiger partial charge on any atom is -0.340 e. The number of thiazole rings is 1. The van der Waals surface area contributed by atoms with Gasteiger partial charge in [-0.1, -0.05) is 22.8 Å². The minimum atomic E-state index is 0.121. The summed E-state index contributed by atoms with van der Waals surface area (Å²) in [7, 11) is 0. The van der Waals surface area contributed by atoms with Crippen LogP contribution < -0.4 is 0 Å². The van der Waals surface area contributed by atoms with Crippen LogP contribution in [0.3, 0.4) is 0 Å². The Morgan fingerprint density at radius 1 is 1.06 bits per heavy atom. The standard InChI is InChI=1S/C22H20ClN5O2S2/c23-16-5-3-15(4-6-16)21-25-19(30-26-21)13-27-7-9-28(10-8-27)20(29)12-17-14-32-22(24-17)18-2-1-11-31-18/h1-6,11,14H,7-10,12-13H2. The monoisotopic (exact) mass is 485 g/mol. The molecule has 7 nitrogen and oxygen atoms in total. The molecule has 0 spiro atoms. The van der Waals surface area contributed by atoms with E-state index in [2.05, 4.69) is 26.1 Å². The molecule has 0 aliphatic carbocycles. The van der Waals surface area contributed by atoms with E-state index < -0.39 is 0 Å². The van der Waals surface area contributed by atoms with Crippen LogP contribution in [0.25, 0.3) is 21.3 Å². The summed E-state index contributed by atoms with van der Waals surface area (Å²) >= 11 is 9.18. The van der Waals surface area contributed by atoms with Crippen LogP contribution in [-0.2, 0) is 17.8 Å². The van der Waals surface area contributed by atoms with Crippen LogP contribution in [0.5, 0.6) is 0 Å². The van der Waals surface area contributed by atoms with Gasteiger partial charge in [0, 0.05) is 42.1 Å². The molecule has 32 heavy (non-hydrogen) atoms. The number of thiophene rings is 1. The number of piperazine rings is 1. The van der Waals surface area contributed by atoms with E-state index in [0.717, 1.165) is 34.2 Å². The van der Waals surface area contributed by atoms with Crippen molar-refractivity contribution in [3.63, 3.8) is 0 Å². The summed E-state index contributed by atoms with van der Waals surface area (Å²) < 4.78 is 5.42. The normalized spacial score (nSPS) is 14.7. The van der Waals surface area contributed by atoms with Crippen LogP contribution in [0.15, 0.2) is 51.7 Å². The van der Waals surface area contributed by atoms with Crippen LogP contribution in [0.2, 0.25) is 5.02 Å². The highest BCUT2D eigenvalue weighted by Gasteiger charge is 2.23. The molecule has 1 aromatic carbocycles. The predicted octanol–water partition coefficient (Wildman–Crippen LogP) is 4.46. The molecule has 3 aromatic heterocycles. The zero-order valence-corrected chi connectivity index (χ0v) is 19.5. The molecule has 10 heteroatoms. The fourth-order valence-corrected chi connectivity index (χ4v) is 5.31. The van der Waals surface area contributed by atoms with E-state index in [9.17, 15) is 4.79 Å². The second-order valence-electron chi connectivity index (χ2n) is 7.47. The molecular weight excluding hydrogens is 466 g/mol. The number of carbonyl (C=O) groups excluding carboxylic acids is 1. The van der Waals surface area contributed by atoms with Crippen molar-refractivity contribution >= 4 is 40.2 Å². The van der Waals surface area contributed by atoms with Gasteiger partial charge in [0.05, 0.1) is 23.5 Å². The summed E-state index contributed by atoms with van der Waals surface area (Å²) in [6.45, 7) is 3.46. The average Bonchev–Trinajstić information content (AvgIpc) is 3.57. The maximum Gasteiger partial charge on any atom is 0.241 e. The molecule has 4 heterocycles. The zero-order valence-electron chi connectivity index (χ0n) is 17.1. The Bertz CT molecular complexity index is 1180. The van der Waals surface area contributed by atoms with Gasteiger partial charge in [0.15, 0.2) is 0 Å². The SMILES string of the molecule is O=C(Cc1csc(-c2cccs2)n1)N1CCN(Cc2nc(-c3ccc(Cl)cc3)no2)CC1. The Hall–Kier alpha value is -2.59. The van der Waals surface area contributed by atoms with Crippen LogP contribution in [0.1, 0.15) is 11.6 Å². The molecule has 1 fully saturated rings. The Balaban J connectivity index is 1.12. The average molecular weight is 486 g/mol. The summed E-state index contributed by atoms with van der Waals surface area (Å²) in [5, 5.41) is 9.73. The Labute approximate surface area is 198 Å². The molecule has 5 rings (SSSR count). The summed E-state index contributed by atoms with van der Waals surface area (Å²) in [6, 6.07) is 11.4. The van der Waals surface area contributed by atoms with Gasteiger partial charge in [0.1, 0.15) is 5.01 Å². The summed E-state index contributed by atoms with van der Waals surface area (Å²) in [4.78, 5) is 27.1. The van der Waals surface area contributed by atoms with Crippen molar-refractivity contribution in [1.29, 1.82) is 0 Å². The molecule has 0 atom stereocenters. The molecule has 0 bridgehead atoms. The van der Waals surface area contributed by atoms with Crippen LogP contribution in [0, 0.1) is 0 Å². The summed E-state index contributed by atoms with van der Waals surface area (Å²) in [5.41, 5.74) is 1.70. The molecule has 1 aliphatic rings. The number of hydrogen-bond donors (Lipinski definition) is 0. The van der Waals surface area contributed by atoms with E-state index >= 15 is 0 Å². The smallest absolute Gasteiger partial charge is 0.241 e. The molecule has 0 unspecified atom stereocenters. The number of amides is 1. The third kappa shape index (κ3) is 4.91. The maximum atomic E-state index is 12.7. The third-order valence-electron chi connectivity index (χ3n) is 5.27. The van der Waals surface area contributed by atoms with E-state index in [1.165, 1.54) is 0 Å². The highest BCUT2D eigenvalue weighted by molar-refractivity contribution is 7.20. The van der Waals surface area contributed by atoms with E-state index in [4.69, 9.17) is 16.1 Å². The molecule has 0 saturated carbocycles. The highest BCUT2D eigenvalue weighted by Crippen LogP contribution is 2.28. The van der Waals surface area contributed by atoms with Crippen LogP contribution >= 0.6 is 34.3 Å². The number of hydrogen-bond acceptors (Lipinski definition) is 8. The first kappa shape index (κ1) is 21.3. The number of halogens is 1. The Kier molecular flexibility index (Phi) is 6.31. The number of carbonyl (C=O) groups is 1. The lowest BCUT2D eigenvalue weighted by molar-refractivity contribution is -0.132. The van der Waals surface area contributed by atoms with Gasteiger partial charge in [-0.05, 0) is 35.7 Å². The van der Waals surface area contributed by atoms with Crippen molar-refractivity contribution < 1.29 is 9.32 Å². The zero-order chi connectivity index (χ0) is 21.9.